The van der Waals surface area contributed by atoms with E-state index in [9.17, 15) is 26.4 Å². The van der Waals surface area contributed by atoms with Crippen LogP contribution in [-0.2, 0) is 21.0 Å². The van der Waals surface area contributed by atoms with Crippen molar-refractivity contribution in [2.75, 3.05) is 27.2 Å². The molecule has 10 heteroatoms. The van der Waals surface area contributed by atoms with Gasteiger partial charge in [0.05, 0.1) is 17.0 Å². The molecule has 0 saturated carbocycles. The lowest BCUT2D eigenvalue weighted by atomic mass is 10.2. The van der Waals surface area contributed by atoms with Crippen LogP contribution in [0.15, 0.2) is 23.1 Å². The molecule has 130 valence electrons. The minimum Gasteiger partial charge on any atom is -0.348 e. The van der Waals surface area contributed by atoms with Crippen LogP contribution in [0, 0.1) is 0 Å². The predicted octanol–water partition coefficient (Wildman–Crippen LogP) is 2.46. The largest absolute Gasteiger partial charge is 0.417 e. The number of benzene rings is 1. The van der Waals surface area contributed by atoms with Crippen molar-refractivity contribution >= 4 is 27.5 Å². The SMILES string of the molecule is CCN(CC(=O)N(C)C)S(=O)(=O)c1ccc(Cl)cc1C(F)(F)F. The topological polar surface area (TPSA) is 57.7 Å². The molecular weight excluding hydrogens is 357 g/mol. The van der Waals surface area contributed by atoms with Crippen molar-refractivity contribution in [2.24, 2.45) is 0 Å². The zero-order valence-electron chi connectivity index (χ0n) is 12.7. The van der Waals surface area contributed by atoms with Crippen LogP contribution in [0.25, 0.3) is 0 Å². The van der Waals surface area contributed by atoms with Gasteiger partial charge >= 0.3 is 6.18 Å². The first kappa shape index (κ1) is 19.7. The van der Waals surface area contributed by atoms with Gasteiger partial charge in [-0.05, 0) is 18.2 Å². The zero-order chi connectivity index (χ0) is 18.0. The van der Waals surface area contributed by atoms with Crippen LogP contribution >= 0.6 is 11.6 Å². The van der Waals surface area contributed by atoms with Crippen molar-refractivity contribution in [3.63, 3.8) is 0 Å². The number of alkyl halides is 3. The number of halogens is 4. The van der Waals surface area contributed by atoms with E-state index in [0.717, 1.165) is 17.0 Å². The quantitative estimate of drug-likeness (QED) is 0.797. The number of sulfonamides is 1. The molecule has 0 aliphatic carbocycles. The summed E-state index contributed by atoms with van der Waals surface area (Å²) >= 11 is 5.54. The summed E-state index contributed by atoms with van der Waals surface area (Å²) < 4.78 is 65.0. The Morgan fingerprint density at radius 3 is 2.26 bits per heavy atom. The maximum Gasteiger partial charge on any atom is 0.417 e. The first-order valence-electron chi connectivity index (χ1n) is 6.48. The van der Waals surface area contributed by atoms with E-state index in [1.165, 1.54) is 21.0 Å². The highest BCUT2D eigenvalue weighted by molar-refractivity contribution is 7.89. The summed E-state index contributed by atoms with van der Waals surface area (Å²) in [4.78, 5) is 11.9. The molecule has 23 heavy (non-hydrogen) atoms. The molecule has 0 spiro atoms. The summed E-state index contributed by atoms with van der Waals surface area (Å²) in [6.07, 6.45) is -4.89. The van der Waals surface area contributed by atoms with Crippen molar-refractivity contribution in [3.05, 3.63) is 28.8 Å². The minimum atomic E-state index is -4.89. The molecule has 1 rings (SSSR count). The lowest BCUT2D eigenvalue weighted by Gasteiger charge is -2.23. The fourth-order valence-electron chi connectivity index (χ4n) is 1.75. The molecule has 0 radical (unpaired) electrons. The number of hydrogen-bond donors (Lipinski definition) is 0. The molecule has 0 aliphatic rings. The van der Waals surface area contributed by atoms with Crippen LogP contribution in [-0.4, -0.2) is 50.7 Å². The van der Waals surface area contributed by atoms with E-state index < -0.39 is 39.1 Å². The van der Waals surface area contributed by atoms with E-state index >= 15 is 0 Å². The first-order valence-corrected chi connectivity index (χ1v) is 8.30. The van der Waals surface area contributed by atoms with Gasteiger partial charge in [-0.15, -0.1) is 0 Å². The Kier molecular flexibility index (Phi) is 6.06. The Morgan fingerprint density at radius 1 is 1.26 bits per heavy atom. The van der Waals surface area contributed by atoms with Gasteiger partial charge in [-0.1, -0.05) is 18.5 Å². The summed E-state index contributed by atoms with van der Waals surface area (Å²) in [6.45, 7) is 0.733. The normalized spacial score (nSPS) is 12.5. The molecule has 0 unspecified atom stereocenters. The molecule has 0 aliphatic heterocycles. The van der Waals surface area contributed by atoms with Gasteiger partial charge < -0.3 is 4.90 Å². The average molecular weight is 373 g/mol. The molecule has 1 aromatic rings. The number of hydrogen-bond acceptors (Lipinski definition) is 3. The van der Waals surface area contributed by atoms with Crippen LogP contribution in [0.1, 0.15) is 12.5 Å². The van der Waals surface area contributed by atoms with E-state index in [1.807, 2.05) is 0 Å². The van der Waals surface area contributed by atoms with Gasteiger partial charge in [0.2, 0.25) is 15.9 Å². The number of likely N-dealkylation sites (N-methyl/N-ethyl adjacent to an activating group) is 2. The van der Waals surface area contributed by atoms with E-state index in [2.05, 4.69) is 0 Å². The van der Waals surface area contributed by atoms with Crippen LogP contribution in [0.2, 0.25) is 5.02 Å². The summed E-state index contributed by atoms with van der Waals surface area (Å²) in [5, 5.41) is -0.233. The third kappa shape index (κ3) is 4.58. The van der Waals surface area contributed by atoms with Gasteiger partial charge in [0.25, 0.3) is 0 Å². The molecule has 0 N–H and O–H groups in total. The number of carbonyl (C=O) groups is 1. The van der Waals surface area contributed by atoms with Crippen molar-refractivity contribution in [3.8, 4) is 0 Å². The third-order valence-corrected chi connectivity index (χ3v) is 5.24. The van der Waals surface area contributed by atoms with E-state index in [4.69, 9.17) is 11.6 Å². The van der Waals surface area contributed by atoms with Crippen molar-refractivity contribution < 1.29 is 26.4 Å². The van der Waals surface area contributed by atoms with Crippen molar-refractivity contribution in [1.29, 1.82) is 0 Å². The lowest BCUT2D eigenvalue weighted by Crippen LogP contribution is -2.40. The van der Waals surface area contributed by atoms with Gasteiger partial charge in [0.1, 0.15) is 0 Å². The molecule has 0 atom stereocenters. The van der Waals surface area contributed by atoms with Crippen LogP contribution in [0.5, 0.6) is 0 Å². The Hall–Kier alpha value is -1.32. The van der Waals surface area contributed by atoms with E-state index in [-0.39, 0.29) is 11.6 Å². The zero-order valence-corrected chi connectivity index (χ0v) is 14.3. The van der Waals surface area contributed by atoms with Gasteiger partial charge in [0.15, 0.2) is 0 Å². The maximum atomic E-state index is 13.1. The molecule has 1 aromatic carbocycles. The summed E-state index contributed by atoms with van der Waals surface area (Å²) in [5.74, 6) is -0.544. The number of rotatable bonds is 5. The highest BCUT2D eigenvalue weighted by atomic mass is 35.5. The molecular formula is C13H16ClF3N2O3S. The maximum absolute atomic E-state index is 13.1. The van der Waals surface area contributed by atoms with Crippen molar-refractivity contribution in [2.45, 2.75) is 18.0 Å². The second kappa shape index (κ2) is 7.06. The van der Waals surface area contributed by atoms with Gasteiger partial charge in [-0.3, -0.25) is 4.79 Å². The fourth-order valence-corrected chi connectivity index (χ4v) is 3.51. The molecule has 0 heterocycles. The van der Waals surface area contributed by atoms with E-state index in [1.54, 1.807) is 0 Å². The monoisotopic (exact) mass is 372 g/mol. The van der Waals surface area contributed by atoms with E-state index in [0.29, 0.717) is 10.4 Å². The second-order valence-corrected chi connectivity index (χ2v) is 7.20. The van der Waals surface area contributed by atoms with Crippen LogP contribution in [0.4, 0.5) is 13.2 Å². The Labute approximate surface area is 137 Å². The highest BCUT2D eigenvalue weighted by Crippen LogP contribution is 2.36. The Balaban J connectivity index is 3.40. The lowest BCUT2D eigenvalue weighted by molar-refractivity contribution is -0.139. The Bertz CT molecular complexity index is 690. The summed E-state index contributed by atoms with van der Waals surface area (Å²) in [6, 6.07) is 2.41. The summed E-state index contributed by atoms with van der Waals surface area (Å²) in [5.41, 5.74) is -1.36. The second-order valence-electron chi connectivity index (χ2n) is 4.86. The number of amides is 1. The fraction of sp³-hybridized carbons (Fsp3) is 0.462. The molecule has 0 aromatic heterocycles. The van der Waals surface area contributed by atoms with Crippen molar-refractivity contribution in [1.82, 2.24) is 9.21 Å². The molecule has 0 bridgehead atoms. The molecule has 1 amide bonds. The number of carbonyl (C=O) groups excluding carboxylic acids is 1. The van der Waals surface area contributed by atoms with Crippen LogP contribution < -0.4 is 0 Å². The average Bonchev–Trinajstić information content (AvgIpc) is 2.42. The van der Waals surface area contributed by atoms with Gasteiger partial charge in [0, 0.05) is 25.7 Å². The third-order valence-electron chi connectivity index (χ3n) is 3.03. The summed E-state index contributed by atoms with van der Waals surface area (Å²) in [7, 11) is -1.66. The molecule has 0 saturated heterocycles. The first-order chi connectivity index (χ1) is 10.4. The molecule has 5 nitrogen and oxygen atoms in total. The molecule has 0 fully saturated rings. The van der Waals surface area contributed by atoms with Gasteiger partial charge in [-0.25, -0.2) is 8.42 Å². The van der Waals surface area contributed by atoms with Gasteiger partial charge in [-0.2, -0.15) is 17.5 Å². The predicted molar refractivity (Wildman–Crippen MR) is 79.6 cm³/mol. The Morgan fingerprint density at radius 2 is 1.83 bits per heavy atom. The smallest absolute Gasteiger partial charge is 0.348 e. The minimum absolute atomic E-state index is 0.151. The van der Waals surface area contributed by atoms with Crippen LogP contribution in [0.3, 0.4) is 0 Å². The number of nitrogens with zero attached hydrogens (tertiary/aromatic N) is 2. The standard InChI is InChI=1S/C13H16ClF3N2O3S/c1-4-19(8-12(20)18(2)3)23(21,22)11-6-5-9(14)7-10(11)13(15,16)17/h5-7H,4,8H2,1-3H3. The highest BCUT2D eigenvalue weighted by Gasteiger charge is 2.39.